The molecule has 1 amide bonds. The molecule has 0 radical (unpaired) electrons. The molecule has 1 aliphatic carbocycles. The van der Waals surface area contributed by atoms with Gasteiger partial charge in [-0.2, -0.15) is 0 Å². The number of aliphatic hydroxyl groups is 1. The Balaban J connectivity index is 1.07. The molecule has 0 aliphatic heterocycles. The van der Waals surface area contributed by atoms with Crippen molar-refractivity contribution >= 4 is 50.1 Å². The lowest BCUT2D eigenvalue weighted by Crippen LogP contribution is -2.34. The van der Waals surface area contributed by atoms with Gasteiger partial charge in [-0.25, -0.2) is 17.6 Å². The lowest BCUT2D eigenvalue weighted by Gasteiger charge is -2.25. The van der Waals surface area contributed by atoms with Crippen LogP contribution in [0.5, 0.6) is 0 Å². The minimum Gasteiger partial charge on any atom is -0.507 e. The molecule has 0 spiro atoms. The molecule has 1 saturated carbocycles. The van der Waals surface area contributed by atoms with Crippen LogP contribution < -0.4 is 9.62 Å². The van der Waals surface area contributed by atoms with Crippen LogP contribution in [-0.2, 0) is 45.2 Å². The zero-order chi connectivity index (χ0) is 39.5. The first-order valence-corrected chi connectivity index (χ1v) is 19.4. The van der Waals surface area contributed by atoms with Crippen molar-refractivity contribution in [1.82, 2.24) is 5.32 Å². The normalized spacial score (nSPS) is 13.3. The molecule has 3 aromatic carbocycles. The number of carbonyl (C=O) groups excluding carboxylic acids is 2. The molecule has 16 heteroatoms. The quantitative estimate of drug-likeness (QED) is 0.0416. The van der Waals surface area contributed by atoms with Crippen LogP contribution in [-0.4, -0.2) is 102 Å². The first-order valence-electron chi connectivity index (χ1n) is 17.5. The van der Waals surface area contributed by atoms with E-state index in [1.807, 2.05) is 6.07 Å². The Morgan fingerprint density at radius 3 is 2.15 bits per heavy atom. The number of carboxylic acid groups (broad SMARTS) is 1. The fourth-order valence-electron chi connectivity index (χ4n) is 5.79. The molecule has 1 fully saturated rings. The summed E-state index contributed by atoms with van der Waals surface area (Å²) in [7, 11) is -2.24. The number of rotatable bonds is 22. The number of ketones is 1. The summed E-state index contributed by atoms with van der Waals surface area (Å²) < 4.78 is 69.7. The van der Waals surface area contributed by atoms with Gasteiger partial charge in [-0.05, 0) is 66.3 Å². The van der Waals surface area contributed by atoms with Crippen LogP contribution in [0.4, 0.5) is 10.1 Å². The van der Waals surface area contributed by atoms with Gasteiger partial charge in [0.05, 0.1) is 76.9 Å². The maximum atomic E-state index is 13.7. The number of nitrogens with zero attached hydrogens (tertiary/aromatic N) is 1. The first-order chi connectivity index (χ1) is 26.4. The van der Waals surface area contributed by atoms with Crippen molar-refractivity contribution in [2.75, 3.05) is 70.4 Å². The summed E-state index contributed by atoms with van der Waals surface area (Å²) >= 11 is 0. The van der Waals surface area contributed by atoms with Crippen molar-refractivity contribution in [3.63, 3.8) is 0 Å². The number of carboxylic acids is 1. The highest BCUT2D eigenvalue weighted by Crippen LogP contribution is 2.48. The van der Waals surface area contributed by atoms with E-state index in [1.54, 1.807) is 24.3 Å². The Morgan fingerprint density at radius 2 is 1.55 bits per heavy atom. The van der Waals surface area contributed by atoms with Crippen LogP contribution in [0.3, 0.4) is 0 Å². The Labute approximate surface area is 317 Å². The topological polar surface area (TPSA) is 191 Å². The van der Waals surface area contributed by atoms with Gasteiger partial charge in [0.15, 0.2) is 0 Å². The smallest absolute Gasteiger partial charge is 0.376 e. The van der Waals surface area contributed by atoms with Crippen molar-refractivity contribution in [3.8, 4) is 11.3 Å². The molecule has 0 saturated heterocycles. The average molecular weight is 783 g/mol. The summed E-state index contributed by atoms with van der Waals surface area (Å²) in [5.41, 5.74) is 3.36. The summed E-state index contributed by atoms with van der Waals surface area (Å²) in [5.74, 6) is -3.78. The molecular weight excluding hydrogens is 739 g/mol. The Kier molecular flexibility index (Phi) is 14.1. The predicted molar refractivity (Wildman–Crippen MR) is 201 cm³/mol. The second kappa shape index (κ2) is 19.0. The number of ether oxygens (including phenoxy) is 4. The van der Waals surface area contributed by atoms with E-state index in [1.165, 1.54) is 41.7 Å². The molecule has 1 aliphatic rings. The second-order valence-corrected chi connectivity index (χ2v) is 14.6. The minimum absolute atomic E-state index is 0.0353. The number of fused-ring (bicyclic) bond motifs is 1. The van der Waals surface area contributed by atoms with Gasteiger partial charge in [-0.15, -0.1) is 0 Å². The third kappa shape index (κ3) is 11.2. The van der Waals surface area contributed by atoms with Gasteiger partial charge < -0.3 is 38.9 Å². The number of aliphatic hydroxyl groups excluding tert-OH is 1. The average Bonchev–Trinajstić information content (AvgIpc) is 3.94. The lowest BCUT2D eigenvalue weighted by atomic mass is 10.0. The molecular formula is C39H43FN2O12S. The zero-order valence-electron chi connectivity index (χ0n) is 30.4. The molecule has 55 heavy (non-hydrogen) atoms. The van der Waals surface area contributed by atoms with Crippen molar-refractivity contribution < 1.29 is 60.8 Å². The third-order valence-corrected chi connectivity index (χ3v) is 9.79. The number of hydrogen-bond acceptors (Lipinski definition) is 11. The molecule has 4 aromatic rings. The number of benzene rings is 3. The molecule has 1 aromatic heterocycles. The van der Waals surface area contributed by atoms with E-state index in [0.717, 1.165) is 24.7 Å². The van der Waals surface area contributed by atoms with Crippen LogP contribution in [0.15, 0.2) is 71.2 Å². The second-order valence-electron chi connectivity index (χ2n) is 12.7. The maximum absolute atomic E-state index is 13.7. The monoisotopic (exact) mass is 782 g/mol. The summed E-state index contributed by atoms with van der Waals surface area (Å²) in [6.45, 7) is 2.00. The molecule has 0 bridgehead atoms. The number of carbonyl (C=O) groups is 3. The van der Waals surface area contributed by atoms with Gasteiger partial charge >= 0.3 is 5.97 Å². The largest absolute Gasteiger partial charge is 0.507 e. The Morgan fingerprint density at radius 1 is 0.909 bits per heavy atom. The van der Waals surface area contributed by atoms with Crippen molar-refractivity contribution in [2.24, 2.45) is 0 Å². The van der Waals surface area contributed by atoms with E-state index in [0.29, 0.717) is 53.7 Å². The van der Waals surface area contributed by atoms with Gasteiger partial charge in [0.1, 0.15) is 22.9 Å². The fourth-order valence-corrected chi connectivity index (χ4v) is 6.71. The van der Waals surface area contributed by atoms with E-state index in [2.05, 4.69) is 5.32 Å². The number of sulfonamides is 1. The minimum atomic E-state index is -3.75. The van der Waals surface area contributed by atoms with E-state index in [9.17, 15) is 32.3 Å². The Bertz CT molecular complexity index is 2130. The van der Waals surface area contributed by atoms with E-state index < -0.39 is 33.4 Å². The van der Waals surface area contributed by atoms with Crippen LogP contribution in [0.1, 0.15) is 45.8 Å². The Hall–Kier alpha value is -5.13. The highest BCUT2D eigenvalue weighted by molar-refractivity contribution is 7.92. The summed E-state index contributed by atoms with van der Waals surface area (Å²) in [6.07, 6.45) is 3.52. The molecule has 3 N–H and O–H groups in total. The van der Waals surface area contributed by atoms with Gasteiger partial charge in [0.25, 0.3) is 11.7 Å². The molecule has 14 nitrogen and oxygen atoms in total. The molecule has 5 rings (SSSR count). The maximum Gasteiger partial charge on any atom is 0.376 e. The highest BCUT2D eigenvalue weighted by atomic mass is 32.2. The molecule has 294 valence electrons. The molecule has 0 atom stereocenters. The molecule has 0 unspecified atom stereocenters. The van der Waals surface area contributed by atoms with Gasteiger partial charge in [-0.1, -0.05) is 18.2 Å². The summed E-state index contributed by atoms with van der Waals surface area (Å²) in [6, 6.07) is 15.6. The summed E-state index contributed by atoms with van der Waals surface area (Å²) in [5, 5.41) is 21.9. The number of nitrogens with one attached hydrogen (secondary N) is 1. The van der Waals surface area contributed by atoms with Crippen LogP contribution in [0.2, 0.25) is 0 Å². The van der Waals surface area contributed by atoms with Crippen LogP contribution in [0.25, 0.3) is 28.1 Å². The summed E-state index contributed by atoms with van der Waals surface area (Å²) in [4.78, 5) is 35.0. The van der Waals surface area contributed by atoms with Gasteiger partial charge in [0, 0.05) is 35.7 Å². The SMILES string of the molecule is CNC(=O)c1c(-c2ccc(F)cc2)oc2cc(N(CCOCCOCCOCCOCc3cccc(/C(O)=C/C(=O)C(=O)O)c3)S(C)(=O)=O)c(C3CC3)cc12. The highest BCUT2D eigenvalue weighted by Gasteiger charge is 2.33. The first kappa shape index (κ1) is 41.0. The molecule has 1 heterocycles. The van der Waals surface area contributed by atoms with E-state index in [-0.39, 0.29) is 68.3 Å². The number of hydrogen-bond donors (Lipinski definition) is 3. The zero-order valence-corrected chi connectivity index (χ0v) is 31.2. The van der Waals surface area contributed by atoms with E-state index in [4.69, 9.17) is 28.5 Å². The fraction of sp³-hybridized carbons (Fsp3) is 0.359. The van der Waals surface area contributed by atoms with Crippen LogP contribution in [0, 0.1) is 5.82 Å². The number of aliphatic carboxylic acids is 1. The number of anilines is 1. The third-order valence-electron chi connectivity index (χ3n) is 8.61. The van der Waals surface area contributed by atoms with Gasteiger partial charge in [0.2, 0.25) is 10.0 Å². The lowest BCUT2D eigenvalue weighted by molar-refractivity contribution is -0.146. The van der Waals surface area contributed by atoms with Crippen LogP contribution >= 0.6 is 0 Å². The predicted octanol–water partition coefficient (Wildman–Crippen LogP) is 5.06. The number of amides is 1. The van der Waals surface area contributed by atoms with Crippen molar-refractivity contribution in [2.45, 2.75) is 25.4 Å². The van der Waals surface area contributed by atoms with Crippen molar-refractivity contribution in [3.05, 3.63) is 94.8 Å². The standard InChI is InChI=1S/C39H43FN2O12S/c1-41-38(45)36-31-21-30(26-6-7-26)32(22-35(31)54-37(36)27-8-10-29(40)11-9-27)42(55(2,48)49)12-13-50-14-15-51-16-17-52-18-19-53-24-25-4-3-5-28(20-25)33(43)23-34(44)39(46)47/h3-5,8-11,20-23,26,43H,6-7,12-19,24H2,1-2H3,(H,41,45)(H,46,47)/b33-23-. The number of halogens is 1. The van der Waals surface area contributed by atoms with E-state index >= 15 is 0 Å². The van der Waals surface area contributed by atoms with Crippen molar-refractivity contribution in [1.29, 1.82) is 0 Å². The van der Waals surface area contributed by atoms with Gasteiger partial charge in [-0.3, -0.25) is 13.9 Å². The number of furan rings is 1.